The van der Waals surface area contributed by atoms with Crippen LogP contribution in [0.4, 0.5) is 0 Å². The summed E-state index contributed by atoms with van der Waals surface area (Å²) in [7, 11) is 0. The van der Waals surface area contributed by atoms with Crippen molar-refractivity contribution >= 4 is 23.4 Å². The van der Waals surface area contributed by atoms with Gasteiger partial charge in [-0.05, 0) is 41.8 Å². The van der Waals surface area contributed by atoms with E-state index >= 15 is 0 Å². The van der Waals surface area contributed by atoms with Crippen molar-refractivity contribution in [3.8, 4) is 0 Å². The van der Waals surface area contributed by atoms with E-state index in [-0.39, 0.29) is 18.4 Å². The molecule has 2 aromatic rings. The second-order valence-corrected chi connectivity index (χ2v) is 6.77. The first kappa shape index (κ1) is 18.4. The van der Waals surface area contributed by atoms with E-state index in [9.17, 15) is 9.59 Å². The van der Waals surface area contributed by atoms with Gasteiger partial charge >= 0.3 is 0 Å². The number of carbonyl (C=O) groups excluding carboxylic acids is 2. The number of fused-ring (bicyclic) bond motifs is 1. The zero-order valence-corrected chi connectivity index (χ0v) is 15.3. The Labute approximate surface area is 158 Å². The van der Waals surface area contributed by atoms with Gasteiger partial charge in [-0.2, -0.15) is 0 Å². The summed E-state index contributed by atoms with van der Waals surface area (Å²) in [6.45, 7) is 3.24. The van der Waals surface area contributed by atoms with E-state index in [2.05, 4.69) is 39.8 Å². The first-order valence-corrected chi connectivity index (χ1v) is 9.09. The van der Waals surface area contributed by atoms with Crippen molar-refractivity contribution in [2.45, 2.75) is 13.0 Å². The van der Waals surface area contributed by atoms with Gasteiger partial charge in [-0.3, -0.25) is 14.5 Å². The molecule has 26 heavy (non-hydrogen) atoms. The lowest BCUT2D eigenvalue weighted by atomic mass is 10.00. The molecule has 0 unspecified atom stereocenters. The maximum Gasteiger partial charge on any atom is 0.251 e. The number of amides is 2. The average molecular weight is 372 g/mol. The molecule has 0 fully saturated rings. The molecule has 1 heterocycles. The van der Waals surface area contributed by atoms with Crippen LogP contribution in [0.2, 0.25) is 5.02 Å². The Balaban J connectivity index is 1.36. The van der Waals surface area contributed by atoms with E-state index in [1.807, 2.05) is 0 Å². The molecular weight excluding hydrogens is 350 g/mol. The van der Waals surface area contributed by atoms with Crippen molar-refractivity contribution in [3.63, 3.8) is 0 Å². The number of hydrogen-bond acceptors (Lipinski definition) is 3. The van der Waals surface area contributed by atoms with Crippen molar-refractivity contribution < 1.29 is 9.59 Å². The molecular formula is C20H22ClN3O2. The molecule has 1 aliphatic rings. The third kappa shape index (κ3) is 5.07. The molecule has 0 aliphatic carbocycles. The Hall–Kier alpha value is -2.37. The second kappa shape index (κ2) is 8.83. The minimum Gasteiger partial charge on any atom is -0.353 e. The zero-order chi connectivity index (χ0) is 18.4. The number of hydrogen-bond donors (Lipinski definition) is 2. The van der Waals surface area contributed by atoms with Gasteiger partial charge in [0.2, 0.25) is 5.91 Å². The van der Waals surface area contributed by atoms with Crippen LogP contribution in [0.15, 0.2) is 48.5 Å². The molecule has 0 radical (unpaired) electrons. The Bertz CT molecular complexity index is 777. The molecule has 6 heteroatoms. The van der Waals surface area contributed by atoms with Gasteiger partial charge < -0.3 is 10.6 Å². The summed E-state index contributed by atoms with van der Waals surface area (Å²) in [4.78, 5) is 26.2. The van der Waals surface area contributed by atoms with E-state index in [1.54, 1.807) is 24.3 Å². The van der Waals surface area contributed by atoms with Crippen molar-refractivity contribution in [3.05, 3.63) is 70.2 Å². The van der Waals surface area contributed by atoms with E-state index < -0.39 is 0 Å². The van der Waals surface area contributed by atoms with Crippen molar-refractivity contribution in [2.24, 2.45) is 0 Å². The first-order valence-electron chi connectivity index (χ1n) is 8.71. The highest BCUT2D eigenvalue weighted by Gasteiger charge is 2.15. The van der Waals surface area contributed by atoms with Crippen LogP contribution >= 0.6 is 11.6 Å². The van der Waals surface area contributed by atoms with E-state index in [1.165, 1.54) is 11.1 Å². The molecule has 0 saturated heterocycles. The molecule has 0 saturated carbocycles. The van der Waals surface area contributed by atoms with E-state index in [0.717, 1.165) is 26.1 Å². The van der Waals surface area contributed by atoms with Gasteiger partial charge in [-0.25, -0.2) is 0 Å². The van der Waals surface area contributed by atoms with Gasteiger partial charge in [-0.1, -0.05) is 35.9 Å². The number of halogens is 1. The third-order valence-electron chi connectivity index (χ3n) is 4.48. The monoisotopic (exact) mass is 371 g/mol. The van der Waals surface area contributed by atoms with E-state index in [4.69, 9.17) is 11.6 Å². The van der Waals surface area contributed by atoms with Crippen molar-refractivity contribution in [1.29, 1.82) is 0 Å². The largest absolute Gasteiger partial charge is 0.353 e. The Morgan fingerprint density at radius 2 is 1.73 bits per heavy atom. The topological polar surface area (TPSA) is 61.4 Å². The summed E-state index contributed by atoms with van der Waals surface area (Å²) >= 11 is 5.79. The quantitative estimate of drug-likeness (QED) is 0.818. The predicted octanol–water partition coefficient (Wildman–Crippen LogP) is 2.24. The fourth-order valence-electron chi connectivity index (χ4n) is 3.02. The van der Waals surface area contributed by atoms with Gasteiger partial charge in [0.15, 0.2) is 0 Å². The fraction of sp³-hybridized carbons (Fsp3) is 0.300. The fourth-order valence-corrected chi connectivity index (χ4v) is 3.15. The van der Waals surface area contributed by atoms with Crippen LogP contribution < -0.4 is 10.6 Å². The molecule has 0 atom stereocenters. The molecule has 3 rings (SSSR count). The molecule has 0 aromatic heterocycles. The number of nitrogens with zero attached hydrogens (tertiary/aromatic N) is 1. The zero-order valence-electron chi connectivity index (χ0n) is 14.5. The number of benzene rings is 2. The molecule has 2 amide bonds. The van der Waals surface area contributed by atoms with Gasteiger partial charge in [0.05, 0.1) is 6.54 Å². The molecule has 2 aromatic carbocycles. The molecule has 0 bridgehead atoms. The first-order chi connectivity index (χ1) is 12.6. The molecule has 2 N–H and O–H groups in total. The summed E-state index contributed by atoms with van der Waals surface area (Å²) in [5.41, 5.74) is 3.26. The highest BCUT2D eigenvalue weighted by atomic mass is 35.5. The van der Waals surface area contributed by atoms with Crippen LogP contribution in [0, 0.1) is 0 Å². The predicted molar refractivity (Wildman–Crippen MR) is 102 cm³/mol. The summed E-state index contributed by atoms with van der Waals surface area (Å²) in [6, 6.07) is 15.0. The summed E-state index contributed by atoms with van der Waals surface area (Å²) in [5.74, 6) is -0.478. The van der Waals surface area contributed by atoms with Crippen molar-refractivity contribution in [1.82, 2.24) is 15.5 Å². The average Bonchev–Trinajstić information content (AvgIpc) is 2.66. The van der Waals surface area contributed by atoms with Crippen LogP contribution in [0.3, 0.4) is 0 Å². The highest BCUT2D eigenvalue weighted by molar-refractivity contribution is 6.30. The second-order valence-electron chi connectivity index (χ2n) is 6.33. The maximum atomic E-state index is 12.0. The lowest BCUT2D eigenvalue weighted by molar-refractivity contribution is -0.120. The lowest BCUT2D eigenvalue weighted by Crippen LogP contribution is -2.41. The Morgan fingerprint density at radius 1 is 1.00 bits per heavy atom. The number of carbonyl (C=O) groups is 2. The minimum atomic E-state index is -0.288. The van der Waals surface area contributed by atoms with E-state index in [0.29, 0.717) is 17.1 Å². The molecule has 1 aliphatic heterocycles. The normalized spacial score (nSPS) is 13.7. The molecule has 0 spiro atoms. The van der Waals surface area contributed by atoms with Gasteiger partial charge in [0.1, 0.15) is 0 Å². The third-order valence-corrected chi connectivity index (χ3v) is 4.73. The SMILES string of the molecule is O=C(CNC(=O)c1ccc(Cl)cc1)NCCN1CCc2ccccc2C1. The highest BCUT2D eigenvalue weighted by Crippen LogP contribution is 2.17. The summed E-state index contributed by atoms with van der Waals surface area (Å²) in [6.07, 6.45) is 1.04. The molecule has 5 nitrogen and oxygen atoms in total. The summed E-state index contributed by atoms with van der Waals surface area (Å²) in [5, 5.41) is 6.03. The standard InChI is InChI=1S/C20H22ClN3O2/c21-18-7-5-16(6-8-18)20(26)23-13-19(25)22-10-12-24-11-9-15-3-1-2-4-17(15)14-24/h1-8H,9-14H2,(H,22,25)(H,23,26). The van der Waals surface area contributed by atoms with Crippen LogP contribution in [-0.2, 0) is 17.8 Å². The van der Waals surface area contributed by atoms with Crippen LogP contribution in [0.1, 0.15) is 21.5 Å². The van der Waals surface area contributed by atoms with Crippen LogP contribution in [-0.4, -0.2) is 42.9 Å². The molecule has 136 valence electrons. The number of nitrogens with one attached hydrogen (secondary N) is 2. The lowest BCUT2D eigenvalue weighted by Gasteiger charge is -2.28. The Kier molecular flexibility index (Phi) is 6.26. The van der Waals surface area contributed by atoms with Crippen molar-refractivity contribution in [2.75, 3.05) is 26.2 Å². The van der Waals surface area contributed by atoms with Gasteiger partial charge in [-0.15, -0.1) is 0 Å². The van der Waals surface area contributed by atoms with Crippen LogP contribution in [0.5, 0.6) is 0 Å². The number of rotatable bonds is 6. The Morgan fingerprint density at radius 3 is 2.50 bits per heavy atom. The maximum absolute atomic E-state index is 12.0. The van der Waals surface area contributed by atoms with Crippen LogP contribution in [0.25, 0.3) is 0 Å². The smallest absolute Gasteiger partial charge is 0.251 e. The minimum absolute atomic E-state index is 0.0374. The van der Waals surface area contributed by atoms with Gasteiger partial charge in [0, 0.05) is 36.8 Å². The van der Waals surface area contributed by atoms with Gasteiger partial charge in [0.25, 0.3) is 5.91 Å². The summed E-state index contributed by atoms with van der Waals surface area (Å²) < 4.78 is 0.